The van der Waals surface area contributed by atoms with Crippen LogP contribution in [0.2, 0.25) is 0 Å². The van der Waals surface area contributed by atoms with Crippen LogP contribution in [0.1, 0.15) is 53.9 Å². The number of hydrogen-bond donors (Lipinski definition) is 1. The van der Waals surface area contributed by atoms with Crippen molar-refractivity contribution in [3.8, 4) is 0 Å². The summed E-state index contributed by atoms with van der Waals surface area (Å²) in [6.07, 6.45) is 5.16. The third kappa shape index (κ3) is 3.74. The molecular weight excluding hydrogens is 256 g/mol. The Balaban J connectivity index is 1.67. The second-order valence-corrected chi connectivity index (χ2v) is 6.42. The molecule has 1 heteroatoms. The van der Waals surface area contributed by atoms with Gasteiger partial charge in [0.25, 0.3) is 0 Å². The molecule has 1 saturated carbocycles. The van der Waals surface area contributed by atoms with Crippen LogP contribution in [0.15, 0.2) is 48.5 Å². The summed E-state index contributed by atoms with van der Waals surface area (Å²) in [5.74, 6) is 0.544. The number of benzene rings is 2. The fraction of sp³-hybridized carbons (Fsp3) is 0.400. The Morgan fingerprint density at radius 1 is 0.905 bits per heavy atom. The van der Waals surface area contributed by atoms with Crippen molar-refractivity contribution < 1.29 is 5.11 Å². The first-order valence-electron chi connectivity index (χ1n) is 8.03. The van der Waals surface area contributed by atoms with Gasteiger partial charge in [-0.05, 0) is 55.2 Å². The Hall–Kier alpha value is -1.60. The van der Waals surface area contributed by atoms with Crippen molar-refractivity contribution >= 4 is 0 Å². The fourth-order valence-corrected chi connectivity index (χ4v) is 3.32. The van der Waals surface area contributed by atoms with Crippen LogP contribution in [-0.2, 0) is 6.42 Å². The minimum absolute atomic E-state index is 0.101. The van der Waals surface area contributed by atoms with Crippen molar-refractivity contribution in [3.05, 3.63) is 70.8 Å². The maximum Gasteiger partial charge on any atom is 0.0546 e. The number of rotatable bonds is 3. The van der Waals surface area contributed by atoms with E-state index in [1.807, 2.05) is 0 Å². The first-order chi connectivity index (χ1) is 10.2. The van der Waals surface area contributed by atoms with E-state index >= 15 is 0 Å². The van der Waals surface area contributed by atoms with E-state index < -0.39 is 0 Å². The molecule has 110 valence electrons. The summed E-state index contributed by atoms with van der Waals surface area (Å²) < 4.78 is 0. The van der Waals surface area contributed by atoms with Gasteiger partial charge in [-0.1, -0.05) is 60.5 Å². The molecular formula is C20H24O. The molecule has 0 saturated heterocycles. The third-order valence-corrected chi connectivity index (χ3v) is 4.63. The molecule has 0 aromatic heterocycles. The Morgan fingerprint density at radius 3 is 2.14 bits per heavy atom. The largest absolute Gasteiger partial charge is 0.393 e. The van der Waals surface area contributed by atoms with Crippen LogP contribution in [0.5, 0.6) is 0 Å². The second-order valence-electron chi connectivity index (χ2n) is 6.42. The lowest BCUT2D eigenvalue weighted by atomic mass is 9.82. The van der Waals surface area contributed by atoms with E-state index in [1.54, 1.807) is 0 Å². The van der Waals surface area contributed by atoms with Gasteiger partial charge in [-0.3, -0.25) is 0 Å². The zero-order valence-electron chi connectivity index (χ0n) is 12.8. The summed E-state index contributed by atoms with van der Waals surface area (Å²) in [7, 11) is 0. The molecule has 1 aliphatic rings. The SMILES string of the molecule is Cc1ccc(Cc2ccc(C3CCCC(O)C3)cc2)cc1. The van der Waals surface area contributed by atoms with Gasteiger partial charge in [-0.15, -0.1) is 0 Å². The Kier molecular flexibility index (Phi) is 4.40. The molecule has 1 nitrogen and oxygen atoms in total. The Bertz CT molecular complexity index is 568. The Labute approximate surface area is 127 Å². The molecule has 0 heterocycles. The smallest absolute Gasteiger partial charge is 0.0546 e. The van der Waals surface area contributed by atoms with Crippen LogP contribution >= 0.6 is 0 Å². The van der Waals surface area contributed by atoms with Gasteiger partial charge in [0.05, 0.1) is 6.10 Å². The van der Waals surface area contributed by atoms with E-state index in [0.29, 0.717) is 5.92 Å². The topological polar surface area (TPSA) is 20.2 Å². The van der Waals surface area contributed by atoms with Crippen LogP contribution in [-0.4, -0.2) is 11.2 Å². The van der Waals surface area contributed by atoms with Gasteiger partial charge in [-0.2, -0.15) is 0 Å². The standard InChI is InChI=1S/C20H24O/c1-15-5-7-16(8-6-15)13-17-9-11-18(12-10-17)19-3-2-4-20(21)14-19/h5-12,19-21H,2-4,13-14H2,1H3. The van der Waals surface area contributed by atoms with E-state index in [4.69, 9.17) is 0 Å². The van der Waals surface area contributed by atoms with Gasteiger partial charge in [-0.25, -0.2) is 0 Å². The quantitative estimate of drug-likeness (QED) is 0.871. The summed E-state index contributed by atoms with van der Waals surface area (Å²) in [4.78, 5) is 0. The number of aryl methyl sites for hydroxylation is 1. The minimum Gasteiger partial charge on any atom is -0.393 e. The summed E-state index contributed by atoms with van der Waals surface area (Å²) in [5, 5.41) is 9.81. The molecule has 2 aromatic carbocycles. The average Bonchev–Trinajstić information content (AvgIpc) is 2.50. The molecule has 0 spiro atoms. The molecule has 2 unspecified atom stereocenters. The predicted octanol–water partition coefficient (Wildman–Crippen LogP) is 4.60. The first kappa shape index (κ1) is 14.3. The lowest BCUT2D eigenvalue weighted by molar-refractivity contribution is 0.119. The molecule has 1 N–H and O–H groups in total. The zero-order chi connectivity index (χ0) is 14.7. The summed E-state index contributed by atoms with van der Waals surface area (Å²) in [5.41, 5.74) is 5.42. The highest BCUT2D eigenvalue weighted by Crippen LogP contribution is 2.33. The molecule has 1 aliphatic carbocycles. The van der Waals surface area contributed by atoms with Crippen molar-refractivity contribution in [2.75, 3.05) is 0 Å². The van der Waals surface area contributed by atoms with Gasteiger partial charge in [0.15, 0.2) is 0 Å². The van der Waals surface area contributed by atoms with Crippen molar-refractivity contribution in [1.82, 2.24) is 0 Å². The van der Waals surface area contributed by atoms with Gasteiger partial charge < -0.3 is 5.11 Å². The number of hydrogen-bond acceptors (Lipinski definition) is 1. The lowest BCUT2D eigenvalue weighted by Gasteiger charge is -2.26. The van der Waals surface area contributed by atoms with Gasteiger partial charge >= 0.3 is 0 Å². The highest BCUT2D eigenvalue weighted by molar-refractivity contribution is 5.31. The van der Waals surface area contributed by atoms with Crippen LogP contribution in [0.3, 0.4) is 0 Å². The number of aliphatic hydroxyl groups excluding tert-OH is 1. The fourth-order valence-electron chi connectivity index (χ4n) is 3.32. The van der Waals surface area contributed by atoms with Gasteiger partial charge in [0.2, 0.25) is 0 Å². The molecule has 21 heavy (non-hydrogen) atoms. The molecule has 0 bridgehead atoms. The molecule has 2 aromatic rings. The zero-order valence-corrected chi connectivity index (χ0v) is 12.8. The normalized spacial score (nSPS) is 22.2. The highest BCUT2D eigenvalue weighted by Gasteiger charge is 2.21. The third-order valence-electron chi connectivity index (χ3n) is 4.63. The summed E-state index contributed by atoms with van der Waals surface area (Å²) in [6.45, 7) is 2.12. The molecule has 1 fully saturated rings. The van der Waals surface area contributed by atoms with Crippen molar-refractivity contribution in [2.24, 2.45) is 0 Å². The van der Waals surface area contributed by atoms with Crippen molar-refractivity contribution in [3.63, 3.8) is 0 Å². The first-order valence-corrected chi connectivity index (χ1v) is 8.03. The summed E-state index contributed by atoms with van der Waals surface area (Å²) in [6, 6.07) is 17.8. The Morgan fingerprint density at radius 2 is 1.52 bits per heavy atom. The van der Waals surface area contributed by atoms with Crippen LogP contribution < -0.4 is 0 Å². The average molecular weight is 280 g/mol. The van der Waals surface area contributed by atoms with E-state index in [1.165, 1.54) is 28.7 Å². The molecule has 2 atom stereocenters. The van der Waals surface area contributed by atoms with Crippen LogP contribution in [0.25, 0.3) is 0 Å². The van der Waals surface area contributed by atoms with Crippen molar-refractivity contribution in [1.29, 1.82) is 0 Å². The van der Waals surface area contributed by atoms with E-state index in [-0.39, 0.29) is 6.10 Å². The highest BCUT2D eigenvalue weighted by atomic mass is 16.3. The predicted molar refractivity (Wildman–Crippen MR) is 87.6 cm³/mol. The van der Waals surface area contributed by atoms with Gasteiger partial charge in [0, 0.05) is 0 Å². The van der Waals surface area contributed by atoms with E-state index in [2.05, 4.69) is 55.5 Å². The summed E-state index contributed by atoms with van der Waals surface area (Å²) >= 11 is 0. The van der Waals surface area contributed by atoms with E-state index in [0.717, 1.165) is 25.7 Å². The van der Waals surface area contributed by atoms with Crippen LogP contribution in [0.4, 0.5) is 0 Å². The molecule has 3 rings (SSSR count). The monoisotopic (exact) mass is 280 g/mol. The maximum atomic E-state index is 9.81. The maximum absolute atomic E-state index is 9.81. The minimum atomic E-state index is -0.101. The molecule has 0 aliphatic heterocycles. The molecule has 0 radical (unpaired) electrons. The number of aliphatic hydroxyl groups is 1. The van der Waals surface area contributed by atoms with Crippen molar-refractivity contribution in [2.45, 2.75) is 51.0 Å². The van der Waals surface area contributed by atoms with E-state index in [9.17, 15) is 5.11 Å². The lowest BCUT2D eigenvalue weighted by Crippen LogP contribution is -2.18. The molecule has 0 amide bonds. The second kappa shape index (κ2) is 6.44. The van der Waals surface area contributed by atoms with Gasteiger partial charge in [0.1, 0.15) is 0 Å². The van der Waals surface area contributed by atoms with Crippen LogP contribution in [0, 0.1) is 6.92 Å².